The van der Waals surface area contributed by atoms with Gasteiger partial charge in [-0.2, -0.15) is 4.98 Å². The Balaban J connectivity index is 1.68. The quantitative estimate of drug-likeness (QED) is 0.688. The Kier molecular flexibility index (Phi) is 2.92. The van der Waals surface area contributed by atoms with Gasteiger partial charge in [-0.25, -0.2) is 9.78 Å². The molecule has 0 unspecified atom stereocenters. The van der Waals surface area contributed by atoms with Gasteiger partial charge in [0, 0.05) is 23.9 Å². The van der Waals surface area contributed by atoms with E-state index in [0.29, 0.717) is 29.9 Å². The molecule has 0 aromatic carbocycles. The number of fused-ring (bicyclic) bond motifs is 1. The molecule has 0 amide bonds. The van der Waals surface area contributed by atoms with Crippen molar-refractivity contribution < 1.29 is 14.1 Å². The highest BCUT2D eigenvalue weighted by molar-refractivity contribution is 5.88. The molecule has 4 rings (SSSR count). The molecule has 0 bridgehead atoms. The molecular weight excluding hydrogens is 284 g/mol. The maximum absolute atomic E-state index is 11.7. The van der Waals surface area contributed by atoms with E-state index in [4.69, 9.17) is 9.26 Å². The van der Waals surface area contributed by atoms with Gasteiger partial charge in [0.05, 0.1) is 6.61 Å². The van der Waals surface area contributed by atoms with Crippen LogP contribution >= 0.6 is 0 Å². The standard InChI is InChI=1S/C15H14N4O3/c1-2-21-15(20)11-8-19-7-10(5-6-12(19)16-11)13-17-14(22-18-13)9-3-4-9/h5-9H,2-4H2,1H3. The Bertz CT molecular complexity index is 847. The predicted octanol–water partition coefficient (Wildman–Crippen LogP) is 2.44. The van der Waals surface area contributed by atoms with Crippen LogP contribution in [0.1, 0.15) is 42.1 Å². The number of pyridine rings is 1. The summed E-state index contributed by atoms with van der Waals surface area (Å²) in [5.41, 5.74) is 1.76. The molecule has 7 heteroatoms. The van der Waals surface area contributed by atoms with Crippen molar-refractivity contribution in [3.8, 4) is 11.4 Å². The number of rotatable bonds is 4. The summed E-state index contributed by atoms with van der Waals surface area (Å²) in [6.07, 6.45) is 5.70. The summed E-state index contributed by atoms with van der Waals surface area (Å²) in [6.45, 7) is 2.09. The van der Waals surface area contributed by atoms with Crippen molar-refractivity contribution in [3.63, 3.8) is 0 Å². The second kappa shape index (κ2) is 4.94. The van der Waals surface area contributed by atoms with E-state index in [1.165, 1.54) is 0 Å². The van der Waals surface area contributed by atoms with E-state index in [9.17, 15) is 4.79 Å². The van der Waals surface area contributed by atoms with E-state index in [1.807, 2.05) is 18.3 Å². The summed E-state index contributed by atoms with van der Waals surface area (Å²) in [7, 11) is 0. The molecule has 1 aliphatic rings. The van der Waals surface area contributed by atoms with Gasteiger partial charge in [0.25, 0.3) is 0 Å². The van der Waals surface area contributed by atoms with Crippen molar-refractivity contribution in [2.75, 3.05) is 6.61 Å². The average Bonchev–Trinajstić information content (AvgIpc) is 3.10. The minimum absolute atomic E-state index is 0.283. The van der Waals surface area contributed by atoms with Gasteiger partial charge in [0.2, 0.25) is 11.7 Å². The lowest BCUT2D eigenvalue weighted by Gasteiger charge is -1.96. The van der Waals surface area contributed by atoms with Crippen LogP contribution in [0.25, 0.3) is 17.0 Å². The van der Waals surface area contributed by atoms with Crippen molar-refractivity contribution in [2.24, 2.45) is 0 Å². The van der Waals surface area contributed by atoms with Crippen LogP contribution in [0.4, 0.5) is 0 Å². The van der Waals surface area contributed by atoms with Crippen LogP contribution in [0.15, 0.2) is 29.0 Å². The molecular formula is C15H14N4O3. The Morgan fingerprint density at radius 2 is 2.23 bits per heavy atom. The SMILES string of the molecule is CCOC(=O)c1cn2cc(-c3noc(C4CC4)n3)ccc2n1. The van der Waals surface area contributed by atoms with Crippen LogP contribution in [0, 0.1) is 0 Å². The highest BCUT2D eigenvalue weighted by Gasteiger charge is 2.29. The van der Waals surface area contributed by atoms with E-state index in [-0.39, 0.29) is 5.69 Å². The topological polar surface area (TPSA) is 82.5 Å². The number of nitrogens with zero attached hydrogens (tertiary/aromatic N) is 4. The van der Waals surface area contributed by atoms with Crippen LogP contribution in [-0.2, 0) is 4.74 Å². The Morgan fingerprint density at radius 3 is 3.00 bits per heavy atom. The molecule has 1 fully saturated rings. The van der Waals surface area contributed by atoms with Crippen molar-refractivity contribution in [2.45, 2.75) is 25.7 Å². The molecule has 7 nitrogen and oxygen atoms in total. The predicted molar refractivity (Wildman–Crippen MR) is 76.4 cm³/mol. The Hall–Kier alpha value is -2.70. The fourth-order valence-electron chi connectivity index (χ4n) is 2.28. The summed E-state index contributed by atoms with van der Waals surface area (Å²) in [4.78, 5) is 20.4. The second-order valence-electron chi connectivity index (χ2n) is 5.26. The second-order valence-corrected chi connectivity index (χ2v) is 5.26. The smallest absolute Gasteiger partial charge is 0.358 e. The lowest BCUT2D eigenvalue weighted by Crippen LogP contribution is -2.04. The zero-order chi connectivity index (χ0) is 15.1. The highest BCUT2D eigenvalue weighted by Crippen LogP contribution is 2.39. The number of hydrogen-bond acceptors (Lipinski definition) is 6. The molecule has 0 atom stereocenters. The third kappa shape index (κ3) is 2.24. The summed E-state index contributed by atoms with van der Waals surface area (Å²) < 4.78 is 12.0. The zero-order valence-corrected chi connectivity index (χ0v) is 12.0. The van der Waals surface area contributed by atoms with Gasteiger partial charge in [-0.15, -0.1) is 0 Å². The van der Waals surface area contributed by atoms with E-state index >= 15 is 0 Å². The van der Waals surface area contributed by atoms with Crippen LogP contribution in [0.5, 0.6) is 0 Å². The van der Waals surface area contributed by atoms with Gasteiger partial charge in [-0.05, 0) is 31.9 Å². The van der Waals surface area contributed by atoms with Crippen molar-refractivity contribution in [1.29, 1.82) is 0 Å². The van der Waals surface area contributed by atoms with Crippen molar-refractivity contribution in [3.05, 3.63) is 36.1 Å². The number of esters is 1. The first-order valence-electron chi connectivity index (χ1n) is 7.24. The summed E-state index contributed by atoms with van der Waals surface area (Å²) >= 11 is 0. The van der Waals surface area contributed by atoms with Gasteiger partial charge in [-0.1, -0.05) is 5.16 Å². The molecule has 0 radical (unpaired) electrons. The van der Waals surface area contributed by atoms with E-state index in [1.54, 1.807) is 17.5 Å². The number of carbonyl (C=O) groups excluding carboxylic acids is 1. The Labute approximate surface area is 125 Å². The van der Waals surface area contributed by atoms with Crippen LogP contribution in [-0.4, -0.2) is 32.1 Å². The molecule has 3 heterocycles. The Morgan fingerprint density at radius 1 is 1.36 bits per heavy atom. The number of aromatic nitrogens is 4. The molecule has 0 N–H and O–H groups in total. The first-order chi connectivity index (χ1) is 10.7. The number of hydrogen-bond donors (Lipinski definition) is 0. The first-order valence-corrected chi connectivity index (χ1v) is 7.24. The third-order valence-corrected chi connectivity index (χ3v) is 3.56. The highest BCUT2D eigenvalue weighted by atomic mass is 16.5. The van der Waals surface area contributed by atoms with Gasteiger partial charge < -0.3 is 13.7 Å². The van der Waals surface area contributed by atoms with Gasteiger partial charge in [0.1, 0.15) is 5.65 Å². The monoisotopic (exact) mass is 298 g/mol. The normalized spacial score (nSPS) is 14.4. The van der Waals surface area contributed by atoms with Gasteiger partial charge >= 0.3 is 5.97 Å². The molecule has 0 saturated heterocycles. The van der Waals surface area contributed by atoms with Gasteiger partial charge in [-0.3, -0.25) is 0 Å². The molecule has 112 valence electrons. The fourth-order valence-corrected chi connectivity index (χ4v) is 2.28. The third-order valence-electron chi connectivity index (χ3n) is 3.56. The fraction of sp³-hybridized carbons (Fsp3) is 0.333. The van der Waals surface area contributed by atoms with E-state index < -0.39 is 5.97 Å². The van der Waals surface area contributed by atoms with E-state index in [2.05, 4.69) is 15.1 Å². The van der Waals surface area contributed by atoms with Gasteiger partial charge in [0.15, 0.2) is 5.69 Å². The largest absolute Gasteiger partial charge is 0.461 e. The van der Waals surface area contributed by atoms with Crippen LogP contribution < -0.4 is 0 Å². The molecule has 0 aliphatic heterocycles. The molecule has 0 spiro atoms. The van der Waals surface area contributed by atoms with E-state index in [0.717, 1.165) is 18.4 Å². The number of ether oxygens (including phenoxy) is 1. The molecule has 1 saturated carbocycles. The molecule has 3 aromatic heterocycles. The van der Waals surface area contributed by atoms with Crippen LogP contribution in [0.2, 0.25) is 0 Å². The summed E-state index contributed by atoms with van der Waals surface area (Å²) in [5.74, 6) is 1.25. The lowest BCUT2D eigenvalue weighted by atomic mass is 10.2. The number of carbonyl (C=O) groups is 1. The minimum Gasteiger partial charge on any atom is -0.461 e. The molecule has 3 aromatic rings. The van der Waals surface area contributed by atoms with Crippen molar-refractivity contribution in [1.82, 2.24) is 19.5 Å². The molecule has 1 aliphatic carbocycles. The lowest BCUT2D eigenvalue weighted by molar-refractivity contribution is 0.0520. The van der Waals surface area contributed by atoms with Crippen molar-refractivity contribution >= 4 is 11.6 Å². The number of imidazole rings is 1. The molecule has 22 heavy (non-hydrogen) atoms. The maximum Gasteiger partial charge on any atom is 0.358 e. The van der Waals surface area contributed by atoms with Crippen LogP contribution in [0.3, 0.4) is 0 Å². The zero-order valence-electron chi connectivity index (χ0n) is 12.0. The summed E-state index contributed by atoms with van der Waals surface area (Å²) in [6, 6.07) is 3.67. The minimum atomic E-state index is -0.427. The summed E-state index contributed by atoms with van der Waals surface area (Å²) in [5, 5.41) is 4.01. The maximum atomic E-state index is 11.7. The first kappa shape index (κ1) is 13.0. The average molecular weight is 298 g/mol.